The number of rotatable bonds is 9. The van der Waals surface area contributed by atoms with Gasteiger partial charge < -0.3 is 14.4 Å². The Morgan fingerprint density at radius 3 is 2.28 bits per heavy atom. The molecule has 1 saturated heterocycles. The smallest absolute Gasteiger partial charge is 0.380 e. The molecule has 0 aliphatic carbocycles. The number of hydrogen-bond acceptors (Lipinski definition) is 6. The SMILES string of the molecule is C[C@@H]1Cc2cc(OS(=O)(=O)C(F)(F)F)ccc2[C@@H](c2c(F)cc(NC3CN(CCCF)C3)cc2F)N1c1ccc(Cl)cc1. The number of likely N-dealkylation sites (tertiary alicyclic amines) is 1. The third-order valence-corrected chi connectivity index (χ3v) is 8.81. The van der Waals surface area contributed by atoms with Crippen molar-refractivity contribution < 1.29 is 38.9 Å². The van der Waals surface area contributed by atoms with E-state index in [1.54, 1.807) is 36.1 Å². The quantitative estimate of drug-likeness (QED) is 0.156. The average Bonchev–Trinajstić information content (AvgIpc) is 2.89. The van der Waals surface area contributed by atoms with E-state index >= 15 is 8.78 Å². The van der Waals surface area contributed by atoms with Gasteiger partial charge >= 0.3 is 15.6 Å². The van der Waals surface area contributed by atoms with E-state index in [2.05, 4.69) is 9.50 Å². The lowest BCUT2D eigenvalue weighted by Gasteiger charge is -2.44. The van der Waals surface area contributed by atoms with Gasteiger partial charge in [-0.05, 0) is 79.4 Å². The predicted octanol–water partition coefficient (Wildman–Crippen LogP) is 6.84. The molecule has 2 aliphatic heterocycles. The van der Waals surface area contributed by atoms with Crippen molar-refractivity contribution in [1.82, 2.24) is 4.90 Å². The van der Waals surface area contributed by atoms with Gasteiger partial charge in [-0.25, -0.2) is 8.78 Å². The standard InChI is InChI=1S/C29H28ClF6N3O3S/c1-17-11-18-12-23(42-43(40,41)29(34,35)36)7-8-24(18)28(39(17)22-5-3-19(30)4-6-22)27-25(32)13-20(14-26(27)33)37-21-15-38(16-21)10-2-9-31/h3-8,12-14,17,21,28,37H,2,9-11,15-16H2,1H3/t17-,28+/m1/s1. The van der Waals surface area contributed by atoms with Crippen molar-refractivity contribution in [2.75, 3.05) is 36.5 Å². The second-order valence-electron chi connectivity index (χ2n) is 10.7. The van der Waals surface area contributed by atoms with E-state index in [0.717, 1.165) is 12.1 Å². The first-order chi connectivity index (χ1) is 20.3. The maximum absolute atomic E-state index is 15.9. The van der Waals surface area contributed by atoms with E-state index in [1.165, 1.54) is 18.2 Å². The maximum Gasteiger partial charge on any atom is 0.534 e. The first kappa shape index (κ1) is 31.3. The van der Waals surface area contributed by atoms with E-state index < -0.39 is 51.8 Å². The largest absolute Gasteiger partial charge is 0.534 e. The highest BCUT2D eigenvalue weighted by molar-refractivity contribution is 7.88. The summed E-state index contributed by atoms with van der Waals surface area (Å²) < 4.78 is 111. The minimum absolute atomic E-state index is 0.0587. The van der Waals surface area contributed by atoms with Crippen LogP contribution in [0.2, 0.25) is 5.02 Å². The molecule has 232 valence electrons. The van der Waals surface area contributed by atoms with E-state index in [9.17, 15) is 26.0 Å². The zero-order valence-electron chi connectivity index (χ0n) is 22.8. The molecular formula is C29H28ClF6N3O3S. The summed E-state index contributed by atoms with van der Waals surface area (Å²) in [6.45, 7) is 3.19. The first-order valence-electron chi connectivity index (χ1n) is 13.5. The van der Waals surface area contributed by atoms with Gasteiger partial charge in [-0.15, -0.1) is 0 Å². The van der Waals surface area contributed by atoms with Crippen LogP contribution in [-0.2, 0) is 16.5 Å². The zero-order valence-corrected chi connectivity index (χ0v) is 24.4. The van der Waals surface area contributed by atoms with Crippen molar-refractivity contribution in [3.05, 3.63) is 87.9 Å². The Bertz CT molecular complexity index is 1560. The lowest BCUT2D eigenvalue weighted by atomic mass is 9.84. The molecule has 0 amide bonds. The normalized spacial score (nSPS) is 19.6. The van der Waals surface area contributed by atoms with Gasteiger partial charge in [0.15, 0.2) is 0 Å². The highest BCUT2D eigenvalue weighted by Crippen LogP contribution is 2.44. The van der Waals surface area contributed by atoms with Crippen molar-refractivity contribution in [3.8, 4) is 5.75 Å². The Morgan fingerprint density at radius 2 is 1.67 bits per heavy atom. The fraction of sp³-hybridized carbons (Fsp3) is 0.379. The third-order valence-electron chi connectivity index (χ3n) is 7.58. The van der Waals surface area contributed by atoms with Crippen LogP contribution < -0.4 is 14.4 Å². The molecule has 2 atom stereocenters. The second-order valence-corrected chi connectivity index (χ2v) is 12.7. The number of hydrogen-bond donors (Lipinski definition) is 1. The summed E-state index contributed by atoms with van der Waals surface area (Å²) in [7, 11) is -5.92. The highest BCUT2D eigenvalue weighted by atomic mass is 35.5. The lowest BCUT2D eigenvalue weighted by molar-refractivity contribution is -0.0500. The highest BCUT2D eigenvalue weighted by Gasteiger charge is 2.49. The lowest BCUT2D eigenvalue weighted by Crippen LogP contribution is -2.54. The number of nitrogens with zero attached hydrogens (tertiary/aromatic N) is 2. The molecule has 0 unspecified atom stereocenters. The summed E-state index contributed by atoms with van der Waals surface area (Å²) in [5, 5.41) is 3.56. The fourth-order valence-electron chi connectivity index (χ4n) is 5.68. The van der Waals surface area contributed by atoms with Crippen LogP contribution in [-0.4, -0.2) is 57.2 Å². The molecule has 6 nitrogen and oxygen atoms in total. The van der Waals surface area contributed by atoms with Gasteiger partial charge in [0.1, 0.15) is 17.4 Å². The van der Waals surface area contributed by atoms with E-state index in [0.29, 0.717) is 47.9 Å². The van der Waals surface area contributed by atoms with Crippen molar-refractivity contribution in [2.45, 2.75) is 43.4 Å². The molecule has 5 rings (SSSR count). The number of halogens is 7. The molecule has 2 heterocycles. The number of benzene rings is 3. The summed E-state index contributed by atoms with van der Waals surface area (Å²) in [5.74, 6) is -2.26. The van der Waals surface area contributed by atoms with Crippen LogP contribution in [0.4, 0.5) is 37.7 Å². The van der Waals surface area contributed by atoms with E-state index in [4.69, 9.17) is 11.6 Å². The summed E-state index contributed by atoms with van der Waals surface area (Å²) in [4.78, 5) is 3.82. The minimum atomic E-state index is -5.92. The van der Waals surface area contributed by atoms with Gasteiger partial charge in [-0.2, -0.15) is 21.6 Å². The average molecular weight is 648 g/mol. The topological polar surface area (TPSA) is 61.9 Å². The molecule has 1 fully saturated rings. The van der Waals surface area contributed by atoms with Crippen LogP contribution in [0.15, 0.2) is 54.6 Å². The van der Waals surface area contributed by atoms with Crippen LogP contribution >= 0.6 is 11.6 Å². The Balaban J connectivity index is 1.52. The van der Waals surface area contributed by atoms with E-state index in [1.807, 2.05) is 4.90 Å². The van der Waals surface area contributed by atoms with Crippen molar-refractivity contribution in [3.63, 3.8) is 0 Å². The van der Waals surface area contributed by atoms with Gasteiger partial charge in [0.25, 0.3) is 0 Å². The Kier molecular flexibility index (Phi) is 8.79. The fourth-order valence-corrected chi connectivity index (χ4v) is 6.25. The Hall–Kier alpha value is -3.16. The third kappa shape index (κ3) is 6.53. The van der Waals surface area contributed by atoms with Gasteiger partial charge in [-0.3, -0.25) is 9.29 Å². The molecule has 0 bridgehead atoms. The summed E-state index contributed by atoms with van der Waals surface area (Å²) in [6.07, 6.45) is 0.628. The number of anilines is 2. The molecule has 3 aromatic carbocycles. The van der Waals surface area contributed by atoms with E-state index in [-0.39, 0.29) is 23.7 Å². The molecule has 14 heteroatoms. The van der Waals surface area contributed by atoms with Crippen LogP contribution in [0.25, 0.3) is 0 Å². The minimum Gasteiger partial charge on any atom is -0.380 e. The van der Waals surface area contributed by atoms with Crippen molar-refractivity contribution in [1.29, 1.82) is 0 Å². The number of fused-ring (bicyclic) bond motifs is 1. The van der Waals surface area contributed by atoms with Crippen LogP contribution in [0.1, 0.15) is 36.1 Å². The van der Waals surface area contributed by atoms with Crippen LogP contribution in [0, 0.1) is 11.6 Å². The number of nitrogens with one attached hydrogen (secondary N) is 1. The van der Waals surface area contributed by atoms with Gasteiger partial charge in [0.05, 0.1) is 24.3 Å². The first-order valence-corrected chi connectivity index (χ1v) is 15.3. The summed E-state index contributed by atoms with van der Waals surface area (Å²) >= 11 is 6.08. The predicted molar refractivity (Wildman–Crippen MR) is 152 cm³/mol. The molecule has 43 heavy (non-hydrogen) atoms. The molecule has 0 radical (unpaired) electrons. The molecular weight excluding hydrogens is 620 g/mol. The maximum atomic E-state index is 15.9. The molecule has 2 aliphatic rings. The molecule has 0 saturated carbocycles. The molecule has 1 N–H and O–H groups in total. The van der Waals surface area contributed by atoms with Crippen LogP contribution in [0.5, 0.6) is 5.75 Å². The summed E-state index contributed by atoms with van der Waals surface area (Å²) in [5.41, 5.74) is -4.35. The van der Waals surface area contributed by atoms with Crippen molar-refractivity contribution >= 4 is 33.1 Å². The second kappa shape index (κ2) is 12.1. The molecule has 0 spiro atoms. The Labute approximate surface area is 250 Å². The summed E-state index contributed by atoms with van der Waals surface area (Å²) in [6, 6.07) is 11.0. The van der Waals surface area contributed by atoms with Crippen LogP contribution in [0.3, 0.4) is 0 Å². The monoisotopic (exact) mass is 647 g/mol. The number of alkyl halides is 4. The molecule has 0 aromatic heterocycles. The zero-order chi connectivity index (χ0) is 31.1. The van der Waals surface area contributed by atoms with Gasteiger partial charge in [-0.1, -0.05) is 17.7 Å². The van der Waals surface area contributed by atoms with Crippen molar-refractivity contribution in [2.24, 2.45) is 0 Å². The Morgan fingerprint density at radius 1 is 1.02 bits per heavy atom. The molecule has 3 aromatic rings. The van der Waals surface area contributed by atoms with Gasteiger partial charge in [0, 0.05) is 42.1 Å². The van der Waals surface area contributed by atoms with Gasteiger partial charge in [0.2, 0.25) is 0 Å².